The summed E-state index contributed by atoms with van der Waals surface area (Å²) in [5.74, 6) is 0.555. The summed E-state index contributed by atoms with van der Waals surface area (Å²) in [5.41, 5.74) is 0. The van der Waals surface area contributed by atoms with Crippen LogP contribution in [0.25, 0.3) is 0 Å². The van der Waals surface area contributed by atoms with E-state index < -0.39 is 11.9 Å². The van der Waals surface area contributed by atoms with Crippen molar-refractivity contribution in [1.29, 1.82) is 0 Å². The van der Waals surface area contributed by atoms with E-state index in [0.717, 1.165) is 0 Å². The molecule has 0 radical (unpaired) electrons. The van der Waals surface area contributed by atoms with Gasteiger partial charge < -0.3 is 15.1 Å². The fourth-order valence-corrected chi connectivity index (χ4v) is 1.78. The zero-order chi connectivity index (χ0) is 15.4. The van der Waals surface area contributed by atoms with E-state index in [0.29, 0.717) is 11.6 Å². The first kappa shape index (κ1) is 14.8. The summed E-state index contributed by atoms with van der Waals surface area (Å²) in [6.07, 6.45) is 1.53. The largest absolute Gasteiger partial charge is 0.467 e. The van der Waals surface area contributed by atoms with E-state index in [1.54, 1.807) is 33.0 Å². The second kappa shape index (κ2) is 6.21. The van der Waals surface area contributed by atoms with Crippen molar-refractivity contribution in [3.8, 4) is 0 Å². The maximum atomic E-state index is 12.0. The van der Waals surface area contributed by atoms with Crippen LogP contribution in [-0.4, -0.2) is 32.6 Å². The molecule has 0 saturated heterocycles. The lowest BCUT2D eigenvalue weighted by Crippen LogP contribution is -2.45. The minimum absolute atomic E-state index is 0.165. The van der Waals surface area contributed by atoms with Crippen LogP contribution in [0.1, 0.15) is 29.1 Å². The van der Waals surface area contributed by atoms with E-state index in [-0.39, 0.29) is 18.3 Å². The van der Waals surface area contributed by atoms with Gasteiger partial charge in [0.05, 0.1) is 12.8 Å². The van der Waals surface area contributed by atoms with Crippen molar-refractivity contribution in [3.63, 3.8) is 0 Å². The maximum absolute atomic E-state index is 12.0. The lowest BCUT2D eigenvalue weighted by molar-refractivity contribution is -0.122. The highest BCUT2D eigenvalue weighted by Gasteiger charge is 2.20. The molecule has 8 heteroatoms. The molecule has 0 aromatic carbocycles. The maximum Gasteiger partial charge on any atom is 0.289 e. The van der Waals surface area contributed by atoms with E-state index in [4.69, 9.17) is 4.42 Å². The SMILES string of the molecule is Cc1nc(C(=O)NC(C)C(=O)NCc2ccco2)n(C)n1. The van der Waals surface area contributed by atoms with E-state index in [1.165, 1.54) is 10.9 Å². The van der Waals surface area contributed by atoms with Gasteiger partial charge in [0.15, 0.2) is 0 Å². The fourth-order valence-electron chi connectivity index (χ4n) is 1.78. The Labute approximate surface area is 121 Å². The summed E-state index contributed by atoms with van der Waals surface area (Å²) in [6.45, 7) is 3.56. The van der Waals surface area contributed by atoms with Gasteiger partial charge in [0.1, 0.15) is 17.6 Å². The zero-order valence-corrected chi connectivity index (χ0v) is 12.1. The van der Waals surface area contributed by atoms with Crippen LogP contribution >= 0.6 is 0 Å². The van der Waals surface area contributed by atoms with Crippen LogP contribution in [0.2, 0.25) is 0 Å². The van der Waals surface area contributed by atoms with Gasteiger partial charge >= 0.3 is 0 Å². The smallest absolute Gasteiger partial charge is 0.289 e. The van der Waals surface area contributed by atoms with E-state index in [9.17, 15) is 9.59 Å². The normalized spacial score (nSPS) is 12.0. The van der Waals surface area contributed by atoms with Crippen LogP contribution in [0.3, 0.4) is 0 Å². The van der Waals surface area contributed by atoms with Crippen LogP contribution in [0, 0.1) is 6.92 Å². The zero-order valence-electron chi connectivity index (χ0n) is 12.1. The highest BCUT2D eigenvalue weighted by molar-refractivity contribution is 5.94. The third-order valence-electron chi connectivity index (χ3n) is 2.83. The summed E-state index contributed by atoms with van der Waals surface area (Å²) in [7, 11) is 1.62. The summed E-state index contributed by atoms with van der Waals surface area (Å²) in [5, 5.41) is 9.23. The minimum atomic E-state index is -0.690. The molecule has 2 rings (SSSR count). The number of amides is 2. The van der Waals surface area contributed by atoms with Gasteiger partial charge in [-0.3, -0.25) is 9.59 Å². The first-order valence-corrected chi connectivity index (χ1v) is 6.46. The monoisotopic (exact) mass is 291 g/mol. The van der Waals surface area contributed by atoms with Crippen LogP contribution in [0.5, 0.6) is 0 Å². The van der Waals surface area contributed by atoms with Gasteiger partial charge in [-0.2, -0.15) is 5.10 Å². The molecule has 0 aliphatic rings. The quantitative estimate of drug-likeness (QED) is 0.816. The fraction of sp³-hybridized carbons (Fsp3) is 0.385. The van der Waals surface area contributed by atoms with Crippen molar-refractivity contribution in [2.24, 2.45) is 7.05 Å². The molecule has 8 nitrogen and oxygen atoms in total. The molecule has 2 aromatic rings. The summed E-state index contributed by atoms with van der Waals surface area (Å²) < 4.78 is 6.48. The lowest BCUT2D eigenvalue weighted by atomic mass is 10.3. The molecule has 2 N–H and O–H groups in total. The van der Waals surface area contributed by atoms with Crippen LogP contribution in [-0.2, 0) is 18.4 Å². The second-order valence-electron chi connectivity index (χ2n) is 4.60. The highest BCUT2D eigenvalue weighted by atomic mass is 16.3. The highest BCUT2D eigenvalue weighted by Crippen LogP contribution is 2.00. The molecule has 2 heterocycles. The Balaban J connectivity index is 1.88. The Morgan fingerprint density at radius 1 is 1.48 bits per heavy atom. The van der Waals surface area contributed by atoms with Gasteiger partial charge in [-0.1, -0.05) is 0 Å². The van der Waals surface area contributed by atoms with Crippen LogP contribution < -0.4 is 10.6 Å². The summed E-state index contributed by atoms with van der Waals surface area (Å²) in [6, 6.07) is 2.80. The lowest BCUT2D eigenvalue weighted by Gasteiger charge is -2.13. The average Bonchev–Trinajstić information content (AvgIpc) is 3.05. The number of aromatic nitrogens is 3. The molecule has 0 saturated carbocycles. The molecule has 0 bridgehead atoms. The number of carbonyl (C=O) groups is 2. The Morgan fingerprint density at radius 3 is 2.81 bits per heavy atom. The van der Waals surface area contributed by atoms with Gasteiger partial charge in [0.2, 0.25) is 11.7 Å². The molecule has 1 atom stereocenters. The third-order valence-corrected chi connectivity index (χ3v) is 2.83. The molecule has 0 fully saturated rings. The van der Waals surface area contributed by atoms with Gasteiger partial charge in [-0.15, -0.1) is 0 Å². The van der Waals surface area contributed by atoms with Crippen molar-refractivity contribution < 1.29 is 14.0 Å². The van der Waals surface area contributed by atoms with Crippen molar-refractivity contribution in [2.45, 2.75) is 26.4 Å². The molecular weight excluding hydrogens is 274 g/mol. The first-order chi connectivity index (χ1) is 9.97. The Morgan fingerprint density at radius 2 is 2.24 bits per heavy atom. The molecule has 1 unspecified atom stereocenters. The van der Waals surface area contributed by atoms with E-state index >= 15 is 0 Å². The number of furan rings is 1. The molecule has 2 amide bonds. The van der Waals surface area contributed by atoms with Crippen LogP contribution in [0.4, 0.5) is 0 Å². The van der Waals surface area contributed by atoms with E-state index in [1.807, 2.05) is 0 Å². The van der Waals surface area contributed by atoms with Crippen molar-refractivity contribution in [2.75, 3.05) is 0 Å². The van der Waals surface area contributed by atoms with Crippen molar-refractivity contribution in [1.82, 2.24) is 25.4 Å². The van der Waals surface area contributed by atoms with Crippen molar-refractivity contribution in [3.05, 3.63) is 35.8 Å². The van der Waals surface area contributed by atoms with Crippen LogP contribution in [0.15, 0.2) is 22.8 Å². The summed E-state index contributed by atoms with van der Waals surface area (Å²) >= 11 is 0. The number of nitrogens with one attached hydrogen (secondary N) is 2. The molecule has 0 aliphatic heterocycles. The number of hydrogen-bond acceptors (Lipinski definition) is 5. The third kappa shape index (κ3) is 3.68. The number of aryl methyl sites for hydroxylation is 2. The Bertz CT molecular complexity index is 632. The minimum Gasteiger partial charge on any atom is -0.467 e. The number of hydrogen-bond donors (Lipinski definition) is 2. The molecule has 2 aromatic heterocycles. The topological polar surface area (TPSA) is 102 Å². The second-order valence-corrected chi connectivity index (χ2v) is 4.60. The number of nitrogens with zero attached hydrogens (tertiary/aromatic N) is 3. The Kier molecular flexibility index (Phi) is 4.36. The number of carbonyl (C=O) groups excluding carboxylic acids is 2. The predicted octanol–water partition coefficient (Wildman–Crippen LogP) is 0.151. The van der Waals surface area contributed by atoms with Gasteiger partial charge in [0, 0.05) is 7.05 Å². The molecule has 21 heavy (non-hydrogen) atoms. The van der Waals surface area contributed by atoms with Gasteiger partial charge in [0.25, 0.3) is 5.91 Å². The van der Waals surface area contributed by atoms with E-state index in [2.05, 4.69) is 20.7 Å². The van der Waals surface area contributed by atoms with Gasteiger partial charge in [-0.25, -0.2) is 9.67 Å². The van der Waals surface area contributed by atoms with Gasteiger partial charge in [-0.05, 0) is 26.0 Å². The van der Waals surface area contributed by atoms with Crippen molar-refractivity contribution >= 4 is 11.8 Å². The first-order valence-electron chi connectivity index (χ1n) is 6.46. The molecular formula is C13H17N5O3. The molecule has 112 valence electrons. The molecule has 0 aliphatic carbocycles. The molecule has 0 spiro atoms. The number of rotatable bonds is 5. The standard InChI is InChI=1S/C13H17N5O3/c1-8(12(19)14-7-10-5-4-6-21-10)15-13(20)11-16-9(2)17-18(11)3/h4-6,8H,7H2,1-3H3,(H,14,19)(H,15,20). The predicted molar refractivity (Wildman–Crippen MR) is 73.2 cm³/mol. The summed E-state index contributed by atoms with van der Waals surface area (Å²) in [4.78, 5) is 27.9. The Hall–Kier alpha value is -2.64. The average molecular weight is 291 g/mol.